The van der Waals surface area contributed by atoms with Crippen LogP contribution in [0, 0.1) is 11.8 Å². The van der Waals surface area contributed by atoms with Crippen LogP contribution < -0.4 is 24.3 Å². The highest BCUT2D eigenvalue weighted by Gasteiger charge is 2.48. The van der Waals surface area contributed by atoms with Gasteiger partial charge in [0.1, 0.15) is 40.6 Å². The standard InChI is InChI=1S/C41H47NO9/c1-42-21-26-19-35-36(31-9-5-14-49-41(26)31)39(46)37(34(51-35)10-6-13-47-2)33-22-50-40-25(18-29(48-3)20-32(40)38(33)45)15-24-17-28(44)11-12-30(24)23-7-4-8-27(43)16-23/h4,7-8,11-12,16-20,33-34,37-39,42-46H,5-6,9-10,13-15,21-22H2,1-3H3/t33-,34+,37+,38+,39-/m0/s1. The molecule has 0 saturated carbocycles. The summed E-state index contributed by atoms with van der Waals surface area (Å²) in [6.45, 7) is 1.94. The van der Waals surface area contributed by atoms with Crippen molar-refractivity contribution in [1.82, 2.24) is 5.32 Å². The predicted molar refractivity (Wildman–Crippen MR) is 192 cm³/mol. The number of phenols is 2. The molecule has 5 atom stereocenters. The zero-order valence-corrected chi connectivity index (χ0v) is 29.4. The molecular weight excluding hydrogens is 650 g/mol. The normalized spacial score (nSPS) is 22.1. The van der Waals surface area contributed by atoms with Crippen LogP contribution in [0.1, 0.15) is 64.9 Å². The number of hydrogen-bond donors (Lipinski definition) is 5. The van der Waals surface area contributed by atoms with Gasteiger partial charge in [-0.15, -0.1) is 0 Å². The smallest absolute Gasteiger partial charge is 0.128 e. The Kier molecular flexibility index (Phi) is 10.3. The van der Waals surface area contributed by atoms with E-state index in [4.69, 9.17) is 23.7 Å². The fourth-order valence-electron chi connectivity index (χ4n) is 8.23. The molecule has 5 N–H and O–H groups in total. The molecule has 0 amide bonds. The fourth-order valence-corrected chi connectivity index (χ4v) is 8.23. The molecule has 0 aromatic heterocycles. The number of phenolic OH excluding ortho intramolecular Hbond substituents is 2. The van der Waals surface area contributed by atoms with Gasteiger partial charge in [-0.25, -0.2) is 0 Å². The van der Waals surface area contributed by atoms with E-state index in [0.29, 0.717) is 55.4 Å². The zero-order valence-electron chi connectivity index (χ0n) is 29.4. The van der Waals surface area contributed by atoms with Gasteiger partial charge in [0.25, 0.3) is 0 Å². The minimum absolute atomic E-state index is 0.114. The molecule has 0 radical (unpaired) electrons. The SMILES string of the molecule is CNCc1cc2c(c3c1OCCC3)[C@H](O)[C@H]([C@@H]1COc3c(Cc4cc(O)ccc4-c4cccc(O)c4)cc(OC)cc3[C@H]1O)[C@@H](CCCOC)O2. The number of aliphatic hydroxyl groups excluding tert-OH is 2. The Morgan fingerprint density at radius 1 is 0.882 bits per heavy atom. The minimum Gasteiger partial charge on any atom is -0.508 e. The number of aliphatic hydroxyl groups is 2. The van der Waals surface area contributed by atoms with Crippen LogP contribution in [0.25, 0.3) is 11.1 Å². The molecule has 3 heterocycles. The van der Waals surface area contributed by atoms with E-state index < -0.39 is 30.1 Å². The summed E-state index contributed by atoms with van der Waals surface area (Å²) < 4.78 is 30.7. The van der Waals surface area contributed by atoms with E-state index in [1.54, 1.807) is 50.6 Å². The number of nitrogens with one attached hydrogen (secondary N) is 1. The number of aromatic hydroxyl groups is 2. The molecule has 0 saturated heterocycles. The van der Waals surface area contributed by atoms with Gasteiger partial charge in [-0.05, 0) is 91.9 Å². The van der Waals surface area contributed by atoms with E-state index in [-0.39, 0.29) is 18.1 Å². The van der Waals surface area contributed by atoms with Crippen molar-refractivity contribution in [1.29, 1.82) is 0 Å². The van der Waals surface area contributed by atoms with Crippen molar-refractivity contribution in [2.24, 2.45) is 11.8 Å². The molecule has 51 heavy (non-hydrogen) atoms. The molecule has 0 fully saturated rings. The topological polar surface area (TPSA) is 139 Å². The third-order valence-corrected chi connectivity index (χ3v) is 10.5. The second-order valence-corrected chi connectivity index (χ2v) is 13.7. The van der Waals surface area contributed by atoms with Crippen LogP contribution >= 0.6 is 0 Å². The van der Waals surface area contributed by atoms with Crippen molar-refractivity contribution >= 4 is 0 Å². The van der Waals surface area contributed by atoms with Gasteiger partial charge >= 0.3 is 0 Å². The summed E-state index contributed by atoms with van der Waals surface area (Å²) in [6.07, 6.45) is 0.992. The van der Waals surface area contributed by atoms with Crippen LogP contribution in [0.15, 0.2) is 60.7 Å². The van der Waals surface area contributed by atoms with Crippen LogP contribution in [-0.2, 0) is 24.1 Å². The molecule has 0 bridgehead atoms. The van der Waals surface area contributed by atoms with Gasteiger partial charge < -0.3 is 49.4 Å². The Bertz CT molecular complexity index is 1880. The van der Waals surface area contributed by atoms with Gasteiger partial charge in [0, 0.05) is 66.3 Å². The quantitative estimate of drug-likeness (QED) is 0.119. The molecule has 10 heteroatoms. The van der Waals surface area contributed by atoms with Gasteiger partial charge in [0.2, 0.25) is 0 Å². The highest BCUT2D eigenvalue weighted by Crippen LogP contribution is 2.53. The maximum atomic E-state index is 12.4. The maximum absolute atomic E-state index is 12.4. The maximum Gasteiger partial charge on any atom is 0.128 e. The van der Waals surface area contributed by atoms with E-state index in [0.717, 1.165) is 64.0 Å². The average molecular weight is 698 g/mol. The first-order chi connectivity index (χ1) is 24.8. The molecule has 3 aliphatic heterocycles. The van der Waals surface area contributed by atoms with Gasteiger partial charge in [0.15, 0.2) is 0 Å². The first-order valence-electron chi connectivity index (χ1n) is 17.7. The summed E-state index contributed by atoms with van der Waals surface area (Å²) in [7, 11) is 5.15. The molecule has 4 aromatic carbocycles. The van der Waals surface area contributed by atoms with Crippen LogP contribution in [0.4, 0.5) is 0 Å². The molecule has 7 rings (SSSR count). The molecule has 3 aliphatic rings. The van der Waals surface area contributed by atoms with E-state index in [2.05, 4.69) is 5.32 Å². The van der Waals surface area contributed by atoms with Crippen LogP contribution in [0.3, 0.4) is 0 Å². The van der Waals surface area contributed by atoms with Crippen molar-refractivity contribution in [2.75, 3.05) is 41.1 Å². The molecule has 0 unspecified atom stereocenters. The van der Waals surface area contributed by atoms with E-state index in [1.165, 1.54) is 0 Å². The Hall–Kier alpha value is -4.48. The van der Waals surface area contributed by atoms with Crippen molar-refractivity contribution in [3.8, 4) is 45.6 Å². The number of rotatable bonds is 11. The lowest BCUT2D eigenvalue weighted by atomic mass is 9.71. The highest BCUT2D eigenvalue weighted by molar-refractivity contribution is 5.71. The lowest BCUT2D eigenvalue weighted by molar-refractivity contribution is -0.0894. The molecule has 0 spiro atoms. The van der Waals surface area contributed by atoms with Gasteiger partial charge in [0.05, 0.1) is 32.5 Å². The molecule has 10 nitrogen and oxygen atoms in total. The van der Waals surface area contributed by atoms with Crippen LogP contribution in [-0.4, -0.2) is 67.6 Å². The first-order valence-corrected chi connectivity index (χ1v) is 17.7. The molecule has 270 valence electrons. The van der Waals surface area contributed by atoms with Crippen LogP contribution in [0.2, 0.25) is 0 Å². The molecular formula is C41H47NO9. The van der Waals surface area contributed by atoms with Crippen LogP contribution in [0.5, 0.6) is 34.5 Å². The van der Waals surface area contributed by atoms with Gasteiger partial charge in [-0.3, -0.25) is 0 Å². The van der Waals surface area contributed by atoms with Crippen molar-refractivity contribution in [3.05, 3.63) is 94.0 Å². The van der Waals surface area contributed by atoms with E-state index in [1.807, 2.05) is 31.3 Å². The Balaban J connectivity index is 1.26. The Labute approximate surface area is 298 Å². The van der Waals surface area contributed by atoms with Crippen molar-refractivity contribution < 1.29 is 44.1 Å². The number of fused-ring (bicyclic) bond motifs is 4. The summed E-state index contributed by atoms with van der Waals surface area (Å²) >= 11 is 0. The van der Waals surface area contributed by atoms with Crippen molar-refractivity contribution in [2.45, 2.75) is 57.0 Å². The third-order valence-electron chi connectivity index (χ3n) is 10.5. The summed E-state index contributed by atoms with van der Waals surface area (Å²) in [4.78, 5) is 0. The predicted octanol–water partition coefficient (Wildman–Crippen LogP) is 5.99. The van der Waals surface area contributed by atoms with Gasteiger partial charge in [-0.2, -0.15) is 0 Å². The fraction of sp³-hybridized carbons (Fsp3) is 0.415. The Morgan fingerprint density at radius 2 is 1.73 bits per heavy atom. The van der Waals surface area contributed by atoms with E-state index in [9.17, 15) is 20.4 Å². The number of hydrogen-bond acceptors (Lipinski definition) is 10. The van der Waals surface area contributed by atoms with E-state index >= 15 is 0 Å². The lowest BCUT2D eigenvalue weighted by Gasteiger charge is -2.46. The monoisotopic (exact) mass is 697 g/mol. The zero-order chi connectivity index (χ0) is 35.6. The summed E-state index contributed by atoms with van der Waals surface area (Å²) in [5, 5.41) is 48.5. The second-order valence-electron chi connectivity index (χ2n) is 13.7. The van der Waals surface area contributed by atoms with Gasteiger partial charge in [-0.1, -0.05) is 18.2 Å². The summed E-state index contributed by atoms with van der Waals surface area (Å²) in [5.41, 5.74) is 6.53. The number of ether oxygens (including phenoxy) is 5. The minimum atomic E-state index is -0.998. The summed E-state index contributed by atoms with van der Waals surface area (Å²) in [5.74, 6) is 1.85. The number of benzene rings is 4. The second kappa shape index (κ2) is 15.0. The molecule has 4 aromatic rings. The molecule has 0 aliphatic carbocycles. The average Bonchev–Trinajstić information content (AvgIpc) is 3.12. The largest absolute Gasteiger partial charge is 0.508 e. The first kappa shape index (κ1) is 34.9. The number of methoxy groups -OCH3 is 2. The summed E-state index contributed by atoms with van der Waals surface area (Å²) in [6, 6.07) is 17.8. The lowest BCUT2D eigenvalue weighted by Crippen LogP contribution is -2.46. The highest BCUT2D eigenvalue weighted by atomic mass is 16.5. The Morgan fingerprint density at radius 3 is 2.51 bits per heavy atom. The third kappa shape index (κ3) is 6.81. The van der Waals surface area contributed by atoms with Crippen molar-refractivity contribution in [3.63, 3.8) is 0 Å².